The molecule has 134 valence electrons. The Morgan fingerprint density at radius 2 is 1.96 bits per heavy atom. The third-order valence-electron chi connectivity index (χ3n) is 4.92. The zero-order chi connectivity index (χ0) is 18.2. The summed E-state index contributed by atoms with van der Waals surface area (Å²) in [7, 11) is 0. The topological polar surface area (TPSA) is 69.2 Å². The number of nitrogens with zero attached hydrogens (tertiary/aromatic N) is 2. The molecule has 1 aliphatic rings. The fraction of sp³-hybridized carbons (Fsp3) is 0.500. The Kier molecular flexibility index (Phi) is 4.69. The van der Waals surface area contributed by atoms with Crippen molar-refractivity contribution >= 4 is 5.91 Å². The molecule has 1 aromatic heterocycles. The highest BCUT2D eigenvalue weighted by Gasteiger charge is 2.34. The number of hydrogen-bond donors (Lipinski definition) is 2. The Balaban J connectivity index is 1.67. The number of nitrogens with one attached hydrogen (secondary N) is 1. The van der Waals surface area contributed by atoms with E-state index in [-0.39, 0.29) is 17.2 Å². The second-order valence-corrected chi connectivity index (χ2v) is 8.11. The first-order valence-electron chi connectivity index (χ1n) is 8.83. The van der Waals surface area contributed by atoms with Gasteiger partial charge in [0, 0.05) is 30.3 Å². The summed E-state index contributed by atoms with van der Waals surface area (Å²) in [4.78, 5) is 14.5. The zero-order valence-corrected chi connectivity index (χ0v) is 15.4. The molecule has 2 aromatic rings. The Labute approximate surface area is 149 Å². The highest BCUT2D eigenvalue weighted by molar-refractivity contribution is 5.94. The quantitative estimate of drug-likeness (QED) is 0.902. The molecule has 0 spiro atoms. The Bertz CT molecular complexity index is 743. The first kappa shape index (κ1) is 17.7. The number of amides is 1. The van der Waals surface area contributed by atoms with Gasteiger partial charge in [0.2, 0.25) is 0 Å². The van der Waals surface area contributed by atoms with E-state index in [2.05, 4.69) is 31.0 Å². The number of aliphatic hydroxyl groups is 1. The number of likely N-dealkylation sites (tertiary alicyclic amines) is 1. The van der Waals surface area contributed by atoms with Crippen molar-refractivity contribution in [3.63, 3.8) is 0 Å². The molecule has 2 N–H and O–H groups in total. The Morgan fingerprint density at radius 1 is 1.28 bits per heavy atom. The van der Waals surface area contributed by atoms with Crippen molar-refractivity contribution in [2.24, 2.45) is 5.92 Å². The Hall–Kier alpha value is -2.14. The first-order chi connectivity index (χ1) is 11.7. The lowest BCUT2D eigenvalue weighted by molar-refractivity contribution is 0.0764. The maximum absolute atomic E-state index is 12.7. The number of aromatic nitrogens is 2. The van der Waals surface area contributed by atoms with Crippen molar-refractivity contribution in [1.29, 1.82) is 0 Å². The van der Waals surface area contributed by atoms with Gasteiger partial charge in [-0.15, -0.1) is 0 Å². The van der Waals surface area contributed by atoms with Gasteiger partial charge in [-0.1, -0.05) is 32.9 Å². The van der Waals surface area contributed by atoms with E-state index < -0.39 is 6.10 Å². The van der Waals surface area contributed by atoms with Crippen LogP contribution in [0.25, 0.3) is 0 Å². The molecule has 2 atom stereocenters. The van der Waals surface area contributed by atoms with Gasteiger partial charge in [-0.25, -0.2) is 0 Å². The molecule has 5 heteroatoms. The van der Waals surface area contributed by atoms with E-state index in [0.717, 1.165) is 11.4 Å². The van der Waals surface area contributed by atoms with Gasteiger partial charge < -0.3 is 10.0 Å². The second-order valence-electron chi connectivity index (χ2n) is 8.11. The normalized spacial score (nSPS) is 20.9. The van der Waals surface area contributed by atoms with Gasteiger partial charge in [-0.3, -0.25) is 9.89 Å². The van der Waals surface area contributed by atoms with Gasteiger partial charge in [0.1, 0.15) is 0 Å². The molecular weight excluding hydrogens is 314 g/mol. The van der Waals surface area contributed by atoms with Gasteiger partial charge in [-0.05, 0) is 42.5 Å². The molecule has 0 saturated carbocycles. The number of rotatable bonds is 3. The number of carbonyl (C=O) groups is 1. The third kappa shape index (κ3) is 3.93. The van der Waals surface area contributed by atoms with Crippen molar-refractivity contribution in [1.82, 2.24) is 15.1 Å². The van der Waals surface area contributed by atoms with Crippen LogP contribution in [-0.2, 0) is 11.8 Å². The minimum absolute atomic E-state index is 0.0137. The van der Waals surface area contributed by atoms with Gasteiger partial charge in [0.25, 0.3) is 5.91 Å². The van der Waals surface area contributed by atoms with E-state index in [4.69, 9.17) is 0 Å². The van der Waals surface area contributed by atoms with Gasteiger partial charge in [0.15, 0.2) is 0 Å². The van der Waals surface area contributed by atoms with Crippen LogP contribution in [0.15, 0.2) is 30.3 Å². The van der Waals surface area contributed by atoms with Crippen molar-refractivity contribution in [3.8, 4) is 0 Å². The molecule has 2 heterocycles. The monoisotopic (exact) mass is 341 g/mol. The van der Waals surface area contributed by atoms with Crippen LogP contribution in [0.5, 0.6) is 0 Å². The van der Waals surface area contributed by atoms with Crippen LogP contribution >= 0.6 is 0 Å². The van der Waals surface area contributed by atoms with Gasteiger partial charge >= 0.3 is 0 Å². The van der Waals surface area contributed by atoms with Crippen molar-refractivity contribution in [3.05, 3.63) is 52.8 Å². The number of carbonyl (C=O) groups excluding carboxylic acids is 1. The third-order valence-corrected chi connectivity index (χ3v) is 4.92. The van der Waals surface area contributed by atoms with E-state index in [1.807, 2.05) is 37.3 Å². The van der Waals surface area contributed by atoms with Crippen LogP contribution in [0.3, 0.4) is 0 Å². The first-order valence-corrected chi connectivity index (χ1v) is 8.83. The maximum atomic E-state index is 12.7. The average Bonchev–Trinajstić information content (AvgIpc) is 3.12. The highest BCUT2D eigenvalue weighted by atomic mass is 16.3. The summed E-state index contributed by atoms with van der Waals surface area (Å²) in [5, 5.41) is 17.5. The van der Waals surface area contributed by atoms with Crippen LogP contribution in [0.1, 0.15) is 48.1 Å². The fourth-order valence-electron chi connectivity index (χ4n) is 3.36. The molecule has 5 nitrogen and oxygen atoms in total. The van der Waals surface area contributed by atoms with Gasteiger partial charge in [-0.2, -0.15) is 5.10 Å². The molecule has 1 saturated heterocycles. The summed E-state index contributed by atoms with van der Waals surface area (Å²) in [6, 6.07) is 9.80. The summed E-state index contributed by atoms with van der Waals surface area (Å²) >= 11 is 0. The molecular formula is C20H27N3O2. The van der Waals surface area contributed by atoms with E-state index in [9.17, 15) is 9.90 Å². The fourth-order valence-corrected chi connectivity index (χ4v) is 3.36. The van der Waals surface area contributed by atoms with Crippen molar-refractivity contribution in [2.75, 3.05) is 13.1 Å². The lowest BCUT2D eigenvalue weighted by Gasteiger charge is -2.20. The predicted molar refractivity (Wildman–Crippen MR) is 97.6 cm³/mol. The summed E-state index contributed by atoms with van der Waals surface area (Å²) in [6.45, 7) is 9.37. The van der Waals surface area contributed by atoms with Crippen molar-refractivity contribution < 1.29 is 9.90 Å². The van der Waals surface area contributed by atoms with Crippen LogP contribution < -0.4 is 0 Å². The van der Waals surface area contributed by atoms with Gasteiger partial charge in [0.05, 0.1) is 11.8 Å². The van der Waals surface area contributed by atoms with Crippen LogP contribution in [0.4, 0.5) is 0 Å². The van der Waals surface area contributed by atoms with Crippen LogP contribution in [-0.4, -0.2) is 45.3 Å². The number of hydrogen-bond acceptors (Lipinski definition) is 3. The predicted octanol–water partition coefficient (Wildman–Crippen LogP) is 2.69. The van der Waals surface area contributed by atoms with E-state index in [0.29, 0.717) is 25.1 Å². The minimum atomic E-state index is -0.505. The lowest BCUT2D eigenvalue weighted by Crippen LogP contribution is -2.29. The minimum Gasteiger partial charge on any atom is -0.391 e. The molecule has 3 rings (SSSR count). The molecule has 1 aromatic carbocycles. The zero-order valence-electron chi connectivity index (χ0n) is 15.4. The molecule has 25 heavy (non-hydrogen) atoms. The average molecular weight is 341 g/mol. The van der Waals surface area contributed by atoms with E-state index in [1.54, 1.807) is 4.90 Å². The summed E-state index contributed by atoms with van der Waals surface area (Å²) in [5.74, 6) is 0.0146. The molecule has 0 unspecified atom stereocenters. The molecule has 0 bridgehead atoms. The van der Waals surface area contributed by atoms with E-state index in [1.165, 1.54) is 5.56 Å². The maximum Gasteiger partial charge on any atom is 0.253 e. The molecule has 1 fully saturated rings. The second kappa shape index (κ2) is 6.64. The largest absolute Gasteiger partial charge is 0.391 e. The summed E-state index contributed by atoms with van der Waals surface area (Å²) in [5.41, 5.74) is 3.89. The lowest BCUT2D eigenvalue weighted by atomic mass is 9.86. The van der Waals surface area contributed by atoms with Crippen molar-refractivity contribution in [2.45, 2.75) is 45.6 Å². The smallest absolute Gasteiger partial charge is 0.253 e. The number of β-amino-alcohol motifs (C(OH)–C–C–N with tert-alkyl or cyclic N) is 1. The SMILES string of the molecule is Cc1cc(C[C@@H]2CN(C(=O)c3ccc(C(C)(C)C)cc3)C[C@H]2O)n[nH]1. The van der Waals surface area contributed by atoms with Crippen LogP contribution in [0.2, 0.25) is 0 Å². The summed E-state index contributed by atoms with van der Waals surface area (Å²) < 4.78 is 0. The number of aryl methyl sites for hydroxylation is 1. The Morgan fingerprint density at radius 3 is 2.52 bits per heavy atom. The molecule has 0 aliphatic carbocycles. The standard InChI is InChI=1S/C20H27N3O2/c1-13-9-17(22-21-13)10-15-11-23(12-18(15)24)19(25)14-5-7-16(8-6-14)20(2,3)4/h5-9,15,18,24H,10-12H2,1-4H3,(H,21,22)/t15-,18-/m1/s1. The number of aliphatic hydroxyl groups excluding tert-OH is 1. The highest BCUT2D eigenvalue weighted by Crippen LogP contribution is 2.25. The van der Waals surface area contributed by atoms with Crippen LogP contribution in [0, 0.1) is 12.8 Å². The molecule has 1 amide bonds. The summed E-state index contributed by atoms with van der Waals surface area (Å²) in [6.07, 6.45) is 0.174. The molecule has 0 radical (unpaired) electrons. The van der Waals surface area contributed by atoms with E-state index >= 15 is 0 Å². The molecule has 1 aliphatic heterocycles. The number of H-pyrrole nitrogens is 1. The number of aromatic amines is 1. The number of benzene rings is 1.